The van der Waals surface area contributed by atoms with Gasteiger partial charge in [0, 0.05) is 17.3 Å². The monoisotopic (exact) mass is 404 g/mol. The largest absolute Gasteiger partial charge is 0.395 e. The number of para-hydroxylation sites is 2. The number of nitro benzene ring substituents is 1. The van der Waals surface area contributed by atoms with Crippen molar-refractivity contribution in [1.82, 2.24) is 9.55 Å². The van der Waals surface area contributed by atoms with Gasteiger partial charge in [-0.25, -0.2) is 4.79 Å². The van der Waals surface area contributed by atoms with E-state index in [1.54, 1.807) is 6.07 Å². The Morgan fingerprint density at radius 2 is 2.07 bits per heavy atom. The number of rotatable bonds is 7. The maximum absolute atomic E-state index is 12.3. The van der Waals surface area contributed by atoms with Crippen LogP contribution < -0.4 is 11.0 Å². The van der Waals surface area contributed by atoms with Crippen LogP contribution in [0.1, 0.15) is 24.1 Å². The minimum absolute atomic E-state index is 0.0189. The van der Waals surface area contributed by atoms with Crippen molar-refractivity contribution >= 4 is 29.0 Å². The van der Waals surface area contributed by atoms with E-state index in [9.17, 15) is 24.8 Å². The third-order valence-electron chi connectivity index (χ3n) is 4.49. The third kappa shape index (κ3) is 4.39. The number of nitrogens with one attached hydrogen (secondary N) is 1. The van der Waals surface area contributed by atoms with Gasteiger partial charge < -0.3 is 10.4 Å². The van der Waals surface area contributed by atoms with Gasteiger partial charge in [-0.3, -0.25) is 19.5 Å². The predicted octanol–water partition coefficient (Wildman–Crippen LogP) is 1.75. The average Bonchev–Trinajstić information content (AvgIpc) is 2.69. The maximum atomic E-state index is 12.3. The summed E-state index contributed by atoms with van der Waals surface area (Å²) in [5.74, 6) is -0.431. The van der Waals surface area contributed by atoms with Gasteiger partial charge in [0.25, 0.3) is 5.69 Å². The second kappa shape index (κ2) is 8.98. The molecule has 10 heteroatoms. The Balaban J connectivity index is 1.76. The fourth-order valence-electron chi connectivity index (χ4n) is 3.26. The molecule has 0 saturated heterocycles. The van der Waals surface area contributed by atoms with E-state index in [0.29, 0.717) is 5.03 Å². The summed E-state index contributed by atoms with van der Waals surface area (Å²) in [6, 6.07) is 5.92. The van der Waals surface area contributed by atoms with Crippen molar-refractivity contribution in [3.8, 4) is 0 Å². The smallest absolute Gasteiger partial charge is 0.348 e. The third-order valence-corrected chi connectivity index (χ3v) is 5.51. The Morgan fingerprint density at radius 1 is 1.32 bits per heavy atom. The van der Waals surface area contributed by atoms with Crippen LogP contribution in [0.3, 0.4) is 0 Å². The highest BCUT2D eigenvalue weighted by Crippen LogP contribution is 2.29. The molecular formula is C18H20N4O5S. The first-order valence-electron chi connectivity index (χ1n) is 8.90. The first-order chi connectivity index (χ1) is 13.5. The molecule has 0 saturated carbocycles. The number of aliphatic hydroxyl groups is 1. The Labute approximate surface area is 164 Å². The molecule has 1 heterocycles. The number of carbonyl (C=O) groups excluding carboxylic acids is 1. The molecule has 148 valence electrons. The van der Waals surface area contributed by atoms with Crippen molar-refractivity contribution in [2.75, 3.05) is 17.7 Å². The highest BCUT2D eigenvalue weighted by molar-refractivity contribution is 8.00. The van der Waals surface area contributed by atoms with Crippen LogP contribution in [0.4, 0.5) is 11.4 Å². The van der Waals surface area contributed by atoms with E-state index >= 15 is 0 Å². The summed E-state index contributed by atoms with van der Waals surface area (Å²) in [5.41, 5.74) is 1.34. The lowest BCUT2D eigenvalue weighted by atomic mass is 9.97. The van der Waals surface area contributed by atoms with E-state index in [1.807, 2.05) is 0 Å². The summed E-state index contributed by atoms with van der Waals surface area (Å²) in [7, 11) is 0. The van der Waals surface area contributed by atoms with Crippen LogP contribution in [0, 0.1) is 10.1 Å². The number of hydrogen-bond donors (Lipinski definition) is 2. The molecule has 0 unspecified atom stereocenters. The van der Waals surface area contributed by atoms with Gasteiger partial charge in [0.15, 0.2) is 0 Å². The molecule has 1 aromatic heterocycles. The maximum Gasteiger partial charge on any atom is 0.348 e. The van der Waals surface area contributed by atoms with Gasteiger partial charge in [0.2, 0.25) is 5.91 Å². The molecule has 0 spiro atoms. The number of thioether (sulfide) groups is 1. The van der Waals surface area contributed by atoms with Crippen LogP contribution in [0.25, 0.3) is 0 Å². The zero-order valence-electron chi connectivity index (χ0n) is 15.1. The van der Waals surface area contributed by atoms with Crippen molar-refractivity contribution in [3.63, 3.8) is 0 Å². The van der Waals surface area contributed by atoms with Crippen LogP contribution in [0.2, 0.25) is 0 Å². The molecule has 0 bridgehead atoms. The number of fused-ring (bicyclic) bond motifs is 1. The van der Waals surface area contributed by atoms with Gasteiger partial charge in [0.05, 0.1) is 23.8 Å². The molecule has 0 atom stereocenters. The molecule has 0 aliphatic heterocycles. The minimum Gasteiger partial charge on any atom is -0.395 e. The van der Waals surface area contributed by atoms with Crippen molar-refractivity contribution in [2.24, 2.45) is 0 Å². The summed E-state index contributed by atoms with van der Waals surface area (Å²) >= 11 is 1.15. The minimum atomic E-state index is -0.554. The molecule has 28 heavy (non-hydrogen) atoms. The second-order valence-corrected chi connectivity index (χ2v) is 7.28. The van der Waals surface area contributed by atoms with Crippen molar-refractivity contribution in [3.05, 3.63) is 56.1 Å². The number of benzene rings is 1. The van der Waals surface area contributed by atoms with Crippen LogP contribution in [-0.2, 0) is 24.2 Å². The number of nitrogens with zero attached hydrogens (tertiary/aromatic N) is 3. The Hall–Kier alpha value is -2.72. The topological polar surface area (TPSA) is 127 Å². The molecule has 1 amide bonds. The average molecular weight is 404 g/mol. The fourth-order valence-corrected chi connectivity index (χ4v) is 4.13. The summed E-state index contributed by atoms with van der Waals surface area (Å²) < 4.78 is 1.51. The Morgan fingerprint density at radius 3 is 2.82 bits per heavy atom. The lowest BCUT2D eigenvalue weighted by Gasteiger charge is -2.22. The Bertz CT molecular complexity index is 959. The summed E-state index contributed by atoms with van der Waals surface area (Å²) in [4.78, 5) is 39.2. The molecule has 2 N–H and O–H groups in total. The van der Waals surface area contributed by atoms with Gasteiger partial charge in [-0.2, -0.15) is 4.98 Å². The first-order valence-corrected chi connectivity index (χ1v) is 9.89. The molecular weight excluding hydrogens is 384 g/mol. The number of nitro groups is 1. The summed E-state index contributed by atoms with van der Waals surface area (Å²) in [6.45, 7) is 0.0655. The number of carbonyl (C=O) groups is 1. The lowest BCUT2D eigenvalue weighted by molar-refractivity contribution is -0.383. The summed E-state index contributed by atoms with van der Waals surface area (Å²) in [6.07, 6.45) is 3.44. The van der Waals surface area contributed by atoms with E-state index in [0.717, 1.165) is 48.7 Å². The van der Waals surface area contributed by atoms with E-state index in [1.165, 1.54) is 22.8 Å². The van der Waals surface area contributed by atoms with E-state index < -0.39 is 16.5 Å². The Kier molecular flexibility index (Phi) is 6.42. The molecule has 1 aromatic carbocycles. The standard InChI is InChI=1S/C18H20N4O5S/c23-10-9-21-14-7-3-1-5-12(14)17(20-18(21)25)28-11-16(24)19-13-6-2-4-8-15(13)22(26)27/h2,4,6,8,23H,1,3,5,7,9-11H2,(H,19,24). The number of aromatic nitrogens is 2. The van der Waals surface area contributed by atoms with Gasteiger partial charge in [-0.05, 0) is 31.7 Å². The van der Waals surface area contributed by atoms with Gasteiger partial charge in [-0.15, -0.1) is 0 Å². The fraction of sp³-hybridized carbons (Fsp3) is 0.389. The number of anilines is 1. The number of aliphatic hydroxyl groups excluding tert-OH is 1. The molecule has 1 aliphatic rings. The number of amides is 1. The highest BCUT2D eigenvalue weighted by atomic mass is 32.2. The number of hydrogen-bond acceptors (Lipinski definition) is 7. The van der Waals surface area contributed by atoms with E-state index in [2.05, 4.69) is 10.3 Å². The van der Waals surface area contributed by atoms with Crippen LogP contribution >= 0.6 is 11.8 Å². The van der Waals surface area contributed by atoms with E-state index in [-0.39, 0.29) is 30.3 Å². The molecule has 2 aromatic rings. The zero-order valence-corrected chi connectivity index (χ0v) is 15.9. The van der Waals surface area contributed by atoms with Crippen LogP contribution in [0.15, 0.2) is 34.1 Å². The highest BCUT2D eigenvalue weighted by Gasteiger charge is 2.21. The normalized spacial score (nSPS) is 13.0. The molecule has 1 aliphatic carbocycles. The lowest BCUT2D eigenvalue weighted by Crippen LogP contribution is -2.31. The van der Waals surface area contributed by atoms with Gasteiger partial charge in [-0.1, -0.05) is 23.9 Å². The molecule has 3 rings (SSSR count). The molecule has 0 radical (unpaired) electrons. The van der Waals surface area contributed by atoms with Crippen molar-refractivity contribution in [2.45, 2.75) is 37.3 Å². The van der Waals surface area contributed by atoms with Crippen molar-refractivity contribution < 1.29 is 14.8 Å². The van der Waals surface area contributed by atoms with Crippen molar-refractivity contribution in [1.29, 1.82) is 0 Å². The second-order valence-electron chi connectivity index (χ2n) is 6.32. The summed E-state index contributed by atoms with van der Waals surface area (Å²) in [5, 5.41) is 23.3. The molecule has 0 fully saturated rings. The zero-order chi connectivity index (χ0) is 20.1. The van der Waals surface area contributed by atoms with Gasteiger partial charge in [0.1, 0.15) is 10.7 Å². The quantitative estimate of drug-likeness (QED) is 0.311. The SMILES string of the molecule is O=C(CSc1nc(=O)n(CCO)c2c1CCCC2)Nc1ccccc1[N+](=O)[O-]. The first kappa shape index (κ1) is 20.0. The van der Waals surface area contributed by atoms with E-state index in [4.69, 9.17) is 0 Å². The predicted molar refractivity (Wildman–Crippen MR) is 105 cm³/mol. The van der Waals surface area contributed by atoms with Crippen LogP contribution in [-0.4, -0.2) is 37.8 Å². The van der Waals surface area contributed by atoms with Gasteiger partial charge >= 0.3 is 5.69 Å². The van der Waals surface area contributed by atoms with Crippen LogP contribution in [0.5, 0.6) is 0 Å². The molecule has 9 nitrogen and oxygen atoms in total.